The molecule has 0 saturated heterocycles. The van der Waals surface area contributed by atoms with Gasteiger partial charge in [0.2, 0.25) is 6.04 Å². The van der Waals surface area contributed by atoms with Crippen molar-refractivity contribution in [2.45, 2.75) is 13.0 Å². The minimum Gasteiger partial charge on any atom is -0.495 e. The van der Waals surface area contributed by atoms with Gasteiger partial charge in [0.1, 0.15) is 5.75 Å². The lowest BCUT2D eigenvalue weighted by molar-refractivity contribution is 0.415. The van der Waals surface area contributed by atoms with E-state index in [1.54, 1.807) is 19.1 Å². The van der Waals surface area contributed by atoms with Crippen molar-refractivity contribution >= 4 is 23.2 Å². The molecule has 1 rings (SSSR count). The lowest BCUT2D eigenvalue weighted by Crippen LogP contribution is -1.91. The van der Waals surface area contributed by atoms with Crippen LogP contribution in [0.25, 0.3) is 4.85 Å². The van der Waals surface area contributed by atoms with Gasteiger partial charge in [-0.2, -0.15) is 0 Å². The molecule has 0 heterocycles. The van der Waals surface area contributed by atoms with Crippen LogP contribution in [0.1, 0.15) is 18.5 Å². The monoisotopic (exact) mass is 229 g/mol. The van der Waals surface area contributed by atoms with E-state index in [-0.39, 0.29) is 6.04 Å². The Bertz CT molecular complexity index is 384. The smallest absolute Gasteiger partial charge is 0.247 e. The van der Waals surface area contributed by atoms with Gasteiger partial charge in [0.05, 0.1) is 22.7 Å². The second-order valence-corrected chi connectivity index (χ2v) is 3.63. The molecule has 0 aliphatic carbocycles. The van der Waals surface area contributed by atoms with Crippen LogP contribution in [-0.2, 0) is 0 Å². The Labute approximate surface area is 93.2 Å². The van der Waals surface area contributed by atoms with E-state index in [0.29, 0.717) is 15.8 Å². The molecule has 0 spiro atoms. The highest BCUT2D eigenvalue weighted by atomic mass is 35.5. The highest BCUT2D eigenvalue weighted by Gasteiger charge is 2.16. The van der Waals surface area contributed by atoms with Gasteiger partial charge in [-0.05, 0) is 6.07 Å². The first kappa shape index (κ1) is 11.2. The van der Waals surface area contributed by atoms with Crippen molar-refractivity contribution in [3.05, 3.63) is 39.2 Å². The second-order valence-electron chi connectivity index (χ2n) is 2.81. The third-order valence-corrected chi connectivity index (χ3v) is 2.54. The topological polar surface area (TPSA) is 13.6 Å². The fourth-order valence-corrected chi connectivity index (χ4v) is 1.65. The van der Waals surface area contributed by atoms with Crippen LogP contribution in [-0.4, -0.2) is 7.11 Å². The molecular formula is C10H9Cl2NO. The zero-order chi connectivity index (χ0) is 10.7. The van der Waals surface area contributed by atoms with Gasteiger partial charge in [-0.25, -0.2) is 6.57 Å². The average Bonchev–Trinajstić information content (AvgIpc) is 2.19. The Hall–Kier alpha value is -0.910. The Morgan fingerprint density at radius 2 is 2.00 bits per heavy atom. The number of hydrogen-bond acceptors (Lipinski definition) is 1. The van der Waals surface area contributed by atoms with E-state index in [9.17, 15) is 0 Å². The zero-order valence-corrected chi connectivity index (χ0v) is 9.36. The van der Waals surface area contributed by atoms with Gasteiger partial charge in [0.15, 0.2) is 0 Å². The summed E-state index contributed by atoms with van der Waals surface area (Å²) in [5.41, 5.74) is 0.729. The average molecular weight is 230 g/mol. The highest BCUT2D eigenvalue weighted by molar-refractivity contribution is 6.34. The SMILES string of the molecule is [C-]#[N+]C(C)c1cc(Cl)c(OC)cc1Cl. The summed E-state index contributed by atoms with van der Waals surface area (Å²) in [4.78, 5) is 3.38. The van der Waals surface area contributed by atoms with Crippen LogP contribution in [0.2, 0.25) is 10.0 Å². The summed E-state index contributed by atoms with van der Waals surface area (Å²) < 4.78 is 5.00. The second kappa shape index (κ2) is 4.54. The van der Waals surface area contributed by atoms with Gasteiger partial charge in [-0.15, -0.1) is 0 Å². The van der Waals surface area contributed by atoms with Gasteiger partial charge in [-0.1, -0.05) is 23.2 Å². The normalized spacial score (nSPS) is 11.9. The number of rotatable bonds is 2. The van der Waals surface area contributed by atoms with Crippen LogP contribution in [0.5, 0.6) is 5.75 Å². The van der Waals surface area contributed by atoms with Crippen LogP contribution in [0.4, 0.5) is 0 Å². The number of ether oxygens (including phenoxy) is 1. The first-order chi connectivity index (χ1) is 6.60. The van der Waals surface area contributed by atoms with Crippen molar-refractivity contribution < 1.29 is 4.74 Å². The molecule has 0 aliphatic rings. The molecule has 1 atom stereocenters. The number of nitrogens with zero attached hydrogens (tertiary/aromatic N) is 1. The fourth-order valence-electron chi connectivity index (χ4n) is 1.09. The molecule has 0 bridgehead atoms. The standard InChI is InChI=1S/C10H9Cl2NO/c1-6(13-2)7-4-9(12)10(14-3)5-8(7)11/h4-6H,1,3H3. The van der Waals surface area contributed by atoms with E-state index in [2.05, 4.69) is 4.85 Å². The van der Waals surface area contributed by atoms with Crippen molar-refractivity contribution in [3.63, 3.8) is 0 Å². The molecule has 0 saturated carbocycles. The lowest BCUT2D eigenvalue weighted by atomic mass is 10.1. The third-order valence-electron chi connectivity index (χ3n) is 1.91. The Morgan fingerprint density at radius 1 is 1.36 bits per heavy atom. The maximum absolute atomic E-state index is 6.90. The van der Waals surface area contributed by atoms with Crippen LogP contribution >= 0.6 is 23.2 Å². The van der Waals surface area contributed by atoms with Crippen molar-refractivity contribution in [2.75, 3.05) is 7.11 Å². The summed E-state index contributed by atoms with van der Waals surface area (Å²) in [7, 11) is 1.52. The van der Waals surface area contributed by atoms with Crippen molar-refractivity contribution in [1.29, 1.82) is 0 Å². The van der Waals surface area contributed by atoms with Crippen LogP contribution < -0.4 is 4.74 Å². The summed E-state index contributed by atoms with van der Waals surface area (Å²) in [5.74, 6) is 0.526. The maximum atomic E-state index is 6.90. The fraction of sp³-hybridized carbons (Fsp3) is 0.300. The van der Waals surface area contributed by atoms with Crippen LogP contribution in [0, 0.1) is 6.57 Å². The first-order valence-electron chi connectivity index (χ1n) is 3.99. The predicted molar refractivity (Wildman–Crippen MR) is 58.0 cm³/mol. The van der Waals surface area contributed by atoms with E-state index in [0.717, 1.165) is 5.56 Å². The van der Waals surface area contributed by atoms with E-state index in [1.807, 2.05) is 0 Å². The molecule has 0 aromatic heterocycles. The van der Waals surface area contributed by atoms with Gasteiger partial charge in [0.25, 0.3) is 0 Å². The van der Waals surface area contributed by atoms with Gasteiger partial charge < -0.3 is 9.58 Å². The van der Waals surface area contributed by atoms with Crippen LogP contribution in [0.3, 0.4) is 0 Å². The third kappa shape index (κ3) is 2.12. The predicted octanol–water partition coefficient (Wildman–Crippen LogP) is 3.98. The number of benzene rings is 1. The largest absolute Gasteiger partial charge is 0.495 e. The summed E-state index contributed by atoms with van der Waals surface area (Å²) in [5, 5.41) is 0.983. The van der Waals surface area contributed by atoms with Crippen molar-refractivity contribution in [3.8, 4) is 5.75 Å². The molecule has 14 heavy (non-hydrogen) atoms. The molecule has 0 radical (unpaired) electrons. The number of hydrogen-bond donors (Lipinski definition) is 0. The molecule has 74 valence electrons. The Balaban J connectivity index is 3.23. The molecule has 0 fully saturated rings. The van der Waals surface area contributed by atoms with Gasteiger partial charge in [0, 0.05) is 13.0 Å². The molecule has 4 heteroatoms. The highest BCUT2D eigenvalue weighted by Crippen LogP contribution is 2.34. The van der Waals surface area contributed by atoms with E-state index < -0.39 is 0 Å². The molecule has 1 aromatic rings. The van der Waals surface area contributed by atoms with E-state index >= 15 is 0 Å². The number of halogens is 2. The first-order valence-corrected chi connectivity index (χ1v) is 4.75. The molecule has 0 aliphatic heterocycles. The lowest BCUT2D eigenvalue weighted by Gasteiger charge is -2.07. The Morgan fingerprint density at radius 3 is 2.50 bits per heavy atom. The van der Waals surface area contributed by atoms with E-state index in [1.165, 1.54) is 7.11 Å². The maximum Gasteiger partial charge on any atom is 0.247 e. The molecule has 1 unspecified atom stereocenters. The van der Waals surface area contributed by atoms with E-state index in [4.69, 9.17) is 34.5 Å². The molecule has 1 aromatic carbocycles. The van der Waals surface area contributed by atoms with Crippen LogP contribution in [0.15, 0.2) is 12.1 Å². The van der Waals surface area contributed by atoms with Crippen molar-refractivity contribution in [2.24, 2.45) is 0 Å². The molecule has 0 amide bonds. The Kier molecular flexibility index (Phi) is 3.62. The van der Waals surface area contributed by atoms with Gasteiger partial charge in [-0.3, -0.25) is 0 Å². The summed E-state index contributed by atoms with van der Waals surface area (Å²) in [6, 6.07) is 3.01. The minimum atomic E-state index is -0.286. The quantitative estimate of drug-likeness (QED) is 0.700. The van der Waals surface area contributed by atoms with Gasteiger partial charge >= 0.3 is 0 Å². The molecule has 0 N–H and O–H groups in total. The summed E-state index contributed by atoms with van der Waals surface area (Å²) in [6.45, 7) is 8.68. The minimum absolute atomic E-state index is 0.286. The summed E-state index contributed by atoms with van der Waals surface area (Å²) >= 11 is 11.9. The molecular weight excluding hydrogens is 221 g/mol. The number of methoxy groups -OCH3 is 1. The van der Waals surface area contributed by atoms with Crippen molar-refractivity contribution in [1.82, 2.24) is 0 Å². The molecule has 2 nitrogen and oxygen atoms in total. The zero-order valence-electron chi connectivity index (χ0n) is 7.84. The summed E-state index contributed by atoms with van der Waals surface area (Å²) in [6.07, 6.45) is 0.